The second-order valence-electron chi connectivity index (χ2n) is 6.13. The molecule has 0 aromatic heterocycles. The molecule has 0 saturated carbocycles. The van der Waals surface area contributed by atoms with Crippen LogP contribution in [0.25, 0.3) is 0 Å². The summed E-state index contributed by atoms with van der Waals surface area (Å²) < 4.78 is 12.4. The summed E-state index contributed by atoms with van der Waals surface area (Å²) in [5.41, 5.74) is 3.00. The van der Waals surface area contributed by atoms with E-state index >= 15 is 0 Å². The third kappa shape index (κ3) is 4.77. The Morgan fingerprint density at radius 1 is 1.08 bits per heavy atom. The molecule has 0 radical (unpaired) electrons. The Bertz CT molecular complexity index is 823. The molecule has 2 aromatic rings. The normalized spacial score (nSPS) is 14.9. The Kier molecular flexibility index (Phi) is 5.61. The largest absolute Gasteiger partial charge is 0.350 e. The molecular weight excluding hydrogens is 330 g/mol. The molecule has 3 nitrogen and oxygen atoms in total. The molecule has 0 aliphatic carbocycles. The molecule has 1 heterocycles. The Balaban J connectivity index is 1.65. The van der Waals surface area contributed by atoms with Crippen LogP contribution in [0.1, 0.15) is 17.5 Å². The van der Waals surface area contributed by atoms with Crippen LogP contribution in [0.15, 0.2) is 83.5 Å². The summed E-state index contributed by atoms with van der Waals surface area (Å²) in [6, 6.07) is 17.6. The van der Waals surface area contributed by atoms with E-state index in [1.54, 1.807) is 0 Å². The van der Waals surface area contributed by atoms with E-state index in [0.717, 1.165) is 12.1 Å². The van der Waals surface area contributed by atoms with Crippen LogP contribution in [0.3, 0.4) is 0 Å². The zero-order valence-electron chi connectivity index (χ0n) is 14.2. The zero-order chi connectivity index (χ0) is 17.6. The summed E-state index contributed by atoms with van der Waals surface area (Å²) in [5.74, 6) is -0.0247. The Labute approximate surface area is 151 Å². The number of hydrogen-bond donors (Lipinski definition) is 0. The molecule has 4 heteroatoms. The van der Waals surface area contributed by atoms with E-state index in [9.17, 15) is 9.00 Å². The van der Waals surface area contributed by atoms with Gasteiger partial charge in [-0.05, 0) is 31.0 Å². The van der Waals surface area contributed by atoms with E-state index in [-0.39, 0.29) is 11.5 Å². The maximum atomic E-state index is 12.5. The molecular formula is C21H21NO2S. The van der Waals surface area contributed by atoms with Gasteiger partial charge in [-0.2, -0.15) is 0 Å². The molecule has 1 aliphatic heterocycles. The summed E-state index contributed by atoms with van der Waals surface area (Å²) in [4.78, 5) is 15.2. The second-order valence-corrected chi connectivity index (χ2v) is 7.58. The third-order valence-electron chi connectivity index (χ3n) is 4.07. The van der Waals surface area contributed by atoms with E-state index in [0.29, 0.717) is 16.9 Å². The lowest BCUT2D eigenvalue weighted by Gasteiger charge is -2.21. The van der Waals surface area contributed by atoms with Crippen LogP contribution >= 0.6 is 0 Å². The van der Waals surface area contributed by atoms with Crippen LogP contribution < -0.4 is 0 Å². The van der Waals surface area contributed by atoms with Crippen molar-refractivity contribution in [2.75, 3.05) is 5.75 Å². The molecule has 2 aromatic carbocycles. The molecule has 1 aliphatic rings. The van der Waals surface area contributed by atoms with Gasteiger partial charge in [-0.1, -0.05) is 54.1 Å². The lowest BCUT2D eigenvalue weighted by molar-refractivity contribution is -0.113. The molecule has 25 heavy (non-hydrogen) atoms. The fourth-order valence-corrected chi connectivity index (χ4v) is 3.70. The van der Waals surface area contributed by atoms with Crippen molar-refractivity contribution in [3.05, 3.63) is 89.8 Å². The molecule has 0 bridgehead atoms. The van der Waals surface area contributed by atoms with Crippen LogP contribution in [0.4, 0.5) is 0 Å². The van der Waals surface area contributed by atoms with E-state index in [4.69, 9.17) is 0 Å². The standard InChI is InChI=1S/C21H21NO2S/c1-17-9-11-20(12-10-17)25(24)16-21(23)19-8-5-13-22(15-19)14-18-6-3-2-4-7-18/h2-7,9-13,15H,8,14,16H2,1H3/t25-/m1/s1. The fourth-order valence-electron chi connectivity index (χ4n) is 2.67. The van der Waals surface area contributed by atoms with E-state index in [1.165, 1.54) is 5.56 Å². The topological polar surface area (TPSA) is 37.4 Å². The van der Waals surface area contributed by atoms with Crippen molar-refractivity contribution in [3.63, 3.8) is 0 Å². The van der Waals surface area contributed by atoms with Crippen molar-refractivity contribution in [2.45, 2.75) is 24.8 Å². The average molecular weight is 351 g/mol. The van der Waals surface area contributed by atoms with Crippen LogP contribution in [-0.2, 0) is 22.1 Å². The summed E-state index contributed by atoms with van der Waals surface area (Å²) >= 11 is 0. The van der Waals surface area contributed by atoms with Crippen LogP contribution in [0.5, 0.6) is 0 Å². The van der Waals surface area contributed by atoms with E-state index < -0.39 is 10.8 Å². The first-order valence-electron chi connectivity index (χ1n) is 8.27. The Hall–Kier alpha value is -2.46. The predicted molar refractivity (Wildman–Crippen MR) is 101 cm³/mol. The van der Waals surface area contributed by atoms with Crippen molar-refractivity contribution >= 4 is 16.6 Å². The highest BCUT2D eigenvalue weighted by Gasteiger charge is 2.17. The Morgan fingerprint density at radius 2 is 1.80 bits per heavy atom. The highest BCUT2D eigenvalue weighted by Crippen LogP contribution is 2.17. The average Bonchev–Trinajstić information content (AvgIpc) is 2.63. The van der Waals surface area contributed by atoms with Crippen molar-refractivity contribution < 1.29 is 9.00 Å². The molecule has 1 atom stereocenters. The number of allylic oxidation sites excluding steroid dienone is 2. The molecule has 0 N–H and O–H groups in total. The number of Topliss-reactive ketones (excluding diaryl/α,β-unsaturated/α-hetero) is 1. The van der Waals surface area contributed by atoms with Gasteiger partial charge < -0.3 is 4.90 Å². The van der Waals surface area contributed by atoms with Gasteiger partial charge >= 0.3 is 0 Å². The number of nitrogens with zero attached hydrogens (tertiary/aromatic N) is 1. The van der Waals surface area contributed by atoms with Crippen molar-refractivity contribution in [1.29, 1.82) is 0 Å². The number of carbonyl (C=O) groups is 1. The van der Waals surface area contributed by atoms with Crippen molar-refractivity contribution in [2.24, 2.45) is 0 Å². The number of hydrogen-bond acceptors (Lipinski definition) is 3. The van der Waals surface area contributed by atoms with Crippen LogP contribution in [0.2, 0.25) is 0 Å². The first-order chi connectivity index (χ1) is 12.1. The maximum Gasteiger partial charge on any atom is 0.173 e. The van der Waals surface area contributed by atoms with E-state index in [2.05, 4.69) is 12.1 Å². The van der Waals surface area contributed by atoms with Gasteiger partial charge in [-0.3, -0.25) is 9.00 Å². The molecule has 128 valence electrons. The first-order valence-corrected chi connectivity index (χ1v) is 9.59. The smallest absolute Gasteiger partial charge is 0.173 e. The first kappa shape index (κ1) is 17.4. The number of benzene rings is 2. The van der Waals surface area contributed by atoms with Gasteiger partial charge in [0.2, 0.25) is 0 Å². The number of carbonyl (C=O) groups excluding carboxylic acids is 1. The predicted octanol–water partition coefficient (Wildman–Crippen LogP) is 3.98. The van der Waals surface area contributed by atoms with Gasteiger partial charge in [0, 0.05) is 29.4 Å². The summed E-state index contributed by atoms with van der Waals surface area (Å²) in [6.45, 7) is 2.70. The Morgan fingerprint density at radius 3 is 2.52 bits per heavy atom. The molecule has 3 rings (SSSR count). The highest BCUT2D eigenvalue weighted by molar-refractivity contribution is 7.85. The van der Waals surface area contributed by atoms with E-state index in [1.807, 2.05) is 72.8 Å². The molecule has 0 fully saturated rings. The SMILES string of the molecule is Cc1ccc([S@](=O)CC(=O)C2=CN(Cc3ccccc3)C=CC2)cc1. The number of ketones is 1. The van der Waals surface area contributed by atoms with Gasteiger partial charge in [0.15, 0.2) is 5.78 Å². The third-order valence-corrected chi connectivity index (χ3v) is 5.39. The molecule has 0 spiro atoms. The second kappa shape index (κ2) is 8.08. The summed E-state index contributed by atoms with van der Waals surface area (Å²) in [6.07, 6.45) is 6.43. The molecule has 0 amide bonds. The number of aryl methyl sites for hydroxylation is 1. The van der Waals surface area contributed by atoms with Crippen molar-refractivity contribution in [1.82, 2.24) is 4.90 Å². The maximum absolute atomic E-state index is 12.5. The summed E-state index contributed by atoms with van der Waals surface area (Å²) in [7, 11) is -1.31. The lowest BCUT2D eigenvalue weighted by atomic mass is 10.1. The van der Waals surface area contributed by atoms with Crippen LogP contribution in [-0.4, -0.2) is 20.6 Å². The van der Waals surface area contributed by atoms with Crippen LogP contribution in [0, 0.1) is 6.92 Å². The highest BCUT2D eigenvalue weighted by atomic mass is 32.2. The zero-order valence-corrected chi connectivity index (χ0v) is 15.0. The van der Waals surface area contributed by atoms with Gasteiger partial charge in [0.25, 0.3) is 0 Å². The summed E-state index contributed by atoms with van der Waals surface area (Å²) in [5, 5.41) is 0. The minimum atomic E-state index is -1.31. The van der Waals surface area contributed by atoms with Crippen molar-refractivity contribution in [3.8, 4) is 0 Å². The minimum absolute atomic E-state index is 0.0297. The molecule has 0 saturated heterocycles. The van der Waals surface area contributed by atoms with Gasteiger partial charge in [0.1, 0.15) is 0 Å². The fraction of sp³-hybridized carbons (Fsp3) is 0.190. The quantitative estimate of drug-likeness (QED) is 0.790. The van der Waals surface area contributed by atoms with Gasteiger partial charge in [-0.25, -0.2) is 0 Å². The monoisotopic (exact) mass is 351 g/mol. The number of rotatable bonds is 6. The van der Waals surface area contributed by atoms with Gasteiger partial charge in [0.05, 0.1) is 16.6 Å². The lowest BCUT2D eigenvalue weighted by Crippen LogP contribution is -2.19. The minimum Gasteiger partial charge on any atom is -0.350 e. The molecule has 0 unspecified atom stereocenters. The van der Waals surface area contributed by atoms with Gasteiger partial charge in [-0.15, -0.1) is 0 Å².